The average molecular weight is 300 g/mol. The first-order valence-electron chi connectivity index (χ1n) is 8.29. The Hall–Kier alpha value is -1.55. The number of phenols is 1. The molecule has 2 saturated heterocycles. The molecule has 1 aliphatic carbocycles. The third-order valence-electron chi connectivity index (χ3n) is 6.40. The van der Waals surface area contributed by atoms with E-state index in [1.165, 1.54) is 11.1 Å². The molecule has 3 atom stereocenters. The molecule has 2 heterocycles. The number of likely N-dealkylation sites (N-methyl/N-ethyl adjacent to an activating group) is 1. The highest BCUT2D eigenvalue weighted by molar-refractivity contribution is 5.73. The summed E-state index contributed by atoms with van der Waals surface area (Å²) < 4.78 is 0. The molecular formula is C18H24N2O2. The predicted octanol–water partition coefficient (Wildman–Crippen LogP) is 1.76. The van der Waals surface area contributed by atoms with Crippen LogP contribution in [0.15, 0.2) is 18.2 Å². The Labute approximate surface area is 131 Å². The van der Waals surface area contributed by atoms with Crippen molar-refractivity contribution in [3.05, 3.63) is 29.3 Å². The van der Waals surface area contributed by atoms with Crippen molar-refractivity contribution in [2.45, 2.75) is 37.6 Å². The highest BCUT2D eigenvalue weighted by atomic mass is 16.3. The fraction of sp³-hybridized carbons (Fsp3) is 0.611. The third-order valence-corrected chi connectivity index (χ3v) is 6.40. The van der Waals surface area contributed by atoms with Crippen LogP contribution >= 0.6 is 0 Å². The van der Waals surface area contributed by atoms with Gasteiger partial charge in [0.05, 0.1) is 0 Å². The van der Waals surface area contributed by atoms with Crippen molar-refractivity contribution in [1.82, 2.24) is 9.80 Å². The van der Waals surface area contributed by atoms with E-state index in [0.717, 1.165) is 38.9 Å². The molecule has 1 N–H and O–H groups in total. The summed E-state index contributed by atoms with van der Waals surface area (Å²) >= 11 is 0. The summed E-state index contributed by atoms with van der Waals surface area (Å²) in [4.78, 5) is 16.3. The molecule has 2 fully saturated rings. The topological polar surface area (TPSA) is 43.8 Å². The Morgan fingerprint density at radius 3 is 2.86 bits per heavy atom. The molecule has 1 aromatic rings. The number of phenolic OH excluding ortho intramolecular Hbond substituents is 1. The van der Waals surface area contributed by atoms with E-state index in [4.69, 9.17) is 0 Å². The van der Waals surface area contributed by atoms with Gasteiger partial charge in [-0.3, -0.25) is 4.79 Å². The molecule has 1 amide bonds. The van der Waals surface area contributed by atoms with E-state index in [2.05, 4.69) is 18.0 Å². The maximum Gasteiger partial charge on any atom is 0.219 e. The average Bonchev–Trinajstić information content (AvgIpc) is 2.51. The lowest BCUT2D eigenvalue weighted by atomic mass is 9.54. The van der Waals surface area contributed by atoms with Gasteiger partial charge in [0, 0.05) is 37.4 Å². The first-order chi connectivity index (χ1) is 10.5. The van der Waals surface area contributed by atoms with Gasteiger partial charge in [-0.05, 0) is 56.1 Å². The number of benzene rings is 1. The standard InChI is InChI=1S/C18H24N2O2/c1-12(21)20-8-6-18-5-7-19(2)17(16(18)11-20)9-13-3-4-14(22)10-15(13)18/h3-4,10,16-17,22H,5-9,11H2,1-2H3/t16-,17+,18?/m0/s1. The van der Waals surface area contributed by atoms with E-state index in [0.29, 0.717) is 17.7 Å². The number of amides is 1. The number of hydrogen-bond donors (Lipinski definition) is 1. The molecule has 4 rings (SSSR count). The van der Waals surface area contributed by atoms with Gasteiger partial charge < -0.3 is 14.9 Å². The number of piperidine rings is 2. The van der Waals surface area contributed by atoms with E-state index in [1.54, 1.807) is 6.92 Å². The molecule has 118 valence electrons. The van der Waals surface area contributed by atoms with Crippen LogP contribution < -0.4 is 0 Å². The summed E-state index contributed by atoms with van der Waals surface area (Å²) in [6.07, 6.45) is 3.19. The van der Waals surface area contributed by atoms with Crippen LogP contribution in [0.3, 0.4) is 0 Å². The second-order valence-electron chi connectivity index (χ2n) is 7.32. The van der Waals surface area contributed by atoms with Gasteiger partial charge >= 0.3 is 0 Å². The quantitative estimate of drug-likeness (QED) is 0.794. The molecule has 0 aromatic heterocycles. The van der Waals surface area contributed by atoms with Crippen molar-refractivity contribution >= 4 is 5.91 Å². The molecule has 22 heavy (non-hydrogen) atoms. The molecule has 0 spiro atoms. The summed E-state index contributed by atoms with van der Waals surface area (Å²) in [6.45, 7) is 4.49. The second kappa shape index (κ2) is 4.72. The lowest BCUT2D eigenvalue weighted by Gasteiger charge is -2.59. The Balaban J connectivity index is 1.82. The maximum atomic E-state index is 11.8. The van der Waals surface area contributed by atoms with Crippen LogP contribution in [0.1, 0.15) is 30.9 Å². The maximum absolute atomic E-state index is 11.8. The van der Waals surface area contributed by atoms with Gasteiger partial charge in [0.15, 0.2) is 0 Å². The Morgan fingerprint density at radius 2 is 2.09 bits per heavy atom. The number of nitrogens with zero attached hydrogens (tertiary/aromatic N) is 2. The first-order valence-corrected chi connectivity index (χ1v) is 8.29. The Bertz CT molecular complexity index is 630. The zero-order valence-corrected chi connectivity index (χ0v) is 13.4. The van der Waals surface area contributed by atoms with Crippen LogP contribution in [0.25, 0.3) is 0 Å². The number of aromatic hydroxyl groups is 1. The molecule has 2 bridgehead atoms. The molecule has 1 unspecified atom stereocenters. The van der Waals surface area contributed by atoms with Crippen LogP contribution in [0.4, 0.5) is 0 Å². The smallest absolute Gasteiger partial charge is 0.219 e. The largest absolute Gasteiger partial charge is 0.508 e. The number of carbonyl (C=O) groups excluding carboxylic acids is 1. The lowest BCUT2D eigenvalue weighted by Crippen LogP contribution is -2.65. The van der Waals surface area contributed by atoms with Gasteiger partial charge in [-0.1, -0.05) is 6.07 Å². The first kappa shape index (κ1) is 14.1. The fourth-order valence-electron chi connectivity index (χ4n) is 5.16. The van der Waals surface area contributed by atoms with E-state index in [1.807, 2.05) is 17.0 Å². The van der Waals surface area contributed by atoms with Crippen molar-refractivity contribution in [1.29, 1.82) is 0 Å². The number of fused-ring (bicyclic) bond motifs is 1. The SMILES string of the molecule is CC(=O)N1CCC23CCN(C)[C@H](Cc4ccc(O)cc42)[C@@H]3C1. The van der Waals surface area contributed by atoms with Gasteiger partial charge in [-0.2, -0.15) is 0 Å². The molecule has 2 aliphatic heterocycles. The molecule has 4 heteroatoms. The van der Waals surface area contributed by atoms with Crippen LogP contribution in [0.2, 0.25) is 0 Å². The summed E-state index contributed by atoms with van der Waals surface area (Å²) in [6, 6.07) is 6.42. The third kappa shape index (κ3) is 1.83. The van der Waals surface area contributed by atoms with Gasteiger partial charge in [-0.25, -0.2) is 0 Å². The van der Waals surface area contributed by atoms with Crippen LogP contribution in [0, 0.1) is 5.92 Å². The summed E-state index contributed by atoms with van der Waals surface area (Å²) in [5.41, 5.74) is 2.89. The van der Waals surface area contributed by atoms with E-state index < -0.39 is 0 Å². The van der Waals surface area contributed by atoms with Crippen molar-refractivity contribution in [3.8, 4) is 5.75 Å². The van der Waals surface area contributed by atoms with Crippen molar-refractivity contribution in [2.24, 2.45) is 5.92 Å². The zero-order valence-electron chi connectivity index (χ0n) is 13.4. The number of hydrogen-bond acceptors (Lipinski definition) is 3. The zero-order chi connectivity index (χ0) is 15.5. The number of likely N-dealkylation sites (tertiary alicyclic amines) is 2. The number of carbonyl (C=O) groups is 1. The van der Waals surface area contributed by atoms with Gasteiger partial charge in [0.25, 0.3) is 0 Å². The van der Waals surface area contributed by atoms with Crippen molar-refractivity contribution in [2.75, 3.05) is 26.7 Å². The minimum absolute atomic E-state index is 0.148. The lowest BCUT2D eigenvalue weighted by molar-refractivity contribution is -0.134. The highest BCUT2D eigenvalue weighted by Crippen LogP contribution is 2.53. The van der Waals surface area contributed by atoms with Crippen LogP contribution in [-0.2, 0) is 16.6 Å². The van der Waals surface area contributed by atoms with Crippen molar-refractivity contribution < 1.29 is 9.90 Å². The van der Waals surface area contributed by atoms with Gasteiger partial charge in [0.2, 0.25) is 5.91 Å². The minimum Gasteiger partial charge on any atom is -0.508 e. The fourth-order valence-corrected chi connectivity index (χ4v) is 5.16. The summed E-state index contributed by atoms with van der Waals surface area (Å²) in [5, 5.41) is 9.99. The van der Waals surface area contributed by atoms with Crippen LogP contribution in [0.5, 0.6) is 5.75 Å². The molecular weight excluding hydrogens is 276 g/mol. The normalized spacial score (nSPS) is 34.0. The van der Waals surface area contributed by atoms with Gasteiger partial charge in [0.1, 0.15) is 5.75 Å². The van der Waals surface area contributed by atoms with E-state index in [-0.39, 0.29) is 11.3 Å². The van der Waals surface area contributed by atoms with Crippen molar-refractivity contribution in [3.63, 3.8) is 0 Å². The van der Waals surface area contributed by atoms with E-state index in [9.17, 15) is 9.90 Å². The Kier molecular flexibility index (Phi) is 3.02. The molecule has 1 aromatic carbocycles. The molecule has 3 aliphatic rings. The highest BCUT2D eigenvalue weighted by Gasteiger charge is 2.54. The number of rotatable bonds is 0. The molecule has 0 radical (unpaired) electrons. The van der Waals surface area contributed by atoms with E-state index >= 15 is 0 Å². The minimum atomic E-state index is 0.148. The second-order valence-corrected chi connectivity index (χ2v) is 7.32. The monoisotopic (exact) mass is 300 g/mol. The van der Waals surface area contributed by atoms with Gasteiger partial charge in [-0.15, -0.1) is 0 Å². The molecule has 4 nitrogen and oxygen atoms in total. The Morgan fingerprint density at radius 1 is 1.32 bits per heavy atom. The molecule has 0 saturated carbocycles. The summed E-state index contributed by atoms with van der Waals surface area (Å²) in [7, 11) is 2.21. The summed E-state index contributed by atoms with van der Waals surface area (Å²) in [5.74, 6) is 1.05. The van der Waals surface area contributed by atoms with Crippen LogP contribution in [-0.4, -0.2) is 53.5 Å². The predicted molar refractivity (Wildman–Crippen MR) is 84.9 cm³/mol.